The number of benzene rings is 1. The van der Waals surface area contributed by atoms with Crippen molar-refractivity contribution in [2.45, 2.75) is 24.7 Å². The van der Waals surface area contributed by atoms with E-state index >= 15 is 0 Å². The molecule has 0 spiro atoms. The monoisotopic (exact) mass is 286 g/mol. The van der Waals surface area contributed by atoms with Crippen LogP contribution in [0, 0.1) is 0 Å². The van der Waals surface area contributed by atoms with E-state index in [9.17, 15) is 9.00 Å². The number of carbonyl (C=O) groups excluding carboxylic acids is 1. The van der Waals surface area contributed by atoms with Crippen molar-refractivity contribution in [2.24, 2.45) is 0 Å². The topological polar surface area (TPSA) is 43.4 Å². The van der Waals surface area contributed by atoms with E-state index in [0.717, 1.165) is 6.42 Å². The van der Waals surface area contributed by atoms with Crippen molar-refractivity contribution in [3.05, 3.63) is 34.9 Å². The molecule has 0 bridgehead atoms. The van der Waals surface area contributed by atoms with Crippen LogP contribution in [0.1, 0.15) is 23.7 Å². The van der Waals surface area contributed by atoms with E-state index in [0.29, 0.717) is 17.2 Å². The predicted molar refractivity (Wildman–Crippen MR) is 72.6 cm³/mol. The van der Waals surface area contributed by atoms with Crippen LogP contribution in [0.25, 0.3) is 0 Å². The maximum absolute atomic E-state index is 12.1. The van der Waals surface area contributed by atoms with Crippen LogP contribution < -0.4 is 0 Å². The number of hydrogen-bond acceptors (Lipinski definition) is 3. The summed E-state index contributed by atoms with van der Waals surface area (Å²) in [5.41, 5.74) is 0.555. The fraction of sp³-hybridized carbons (Fsp3) is 0.462. The molecule has 0 amide bonds. The maximum Gasteiger partial charge on any atom is 0.175 e. The molecule has 1 saturated heterocycles. The summed E-state index contributed by atoms with van der Waals surface area (Å²) in [6, 6.07) is 6.66. The van der Waals surface area contributed by atoms with Gasteiger partial charge in [-0.05, 0) is 37.6 Å². The van der Waals surface area contributed by atoms with Crippen LogP contribution in [0.2, 0.25) is 5.02 Å². The van der Waals surface area contributed by atoms with Crippen LogP contribution in [0.5, 0.6) is 0 Å². The van der Waals surface area contributed by atoms with Crippen LogP contribution in [0.4, 0.5) is 0 Å². The van der Waals surface area contributed by atoms with Gasteiger partial charge in [-0.3, -0.25) is 9.00 Å². The minimum absolute atomic E-state index is 0.0242. The average molecular weight is 287 g/mol. The maximum atomic E-state index is 12.1. The van der Waals surface area contributed by atoms with E-state index in [4.69, 9.17) is 16.3 Å². The second-order valence-electron chi connectivity index (χ2n) is 4.36. The highest BCUT2D eigenvalue weighted by Gasteiger charge is 2.30. The molecule has 5 heteroatoms. The molecule has 3 unspecified atom stereocenters. The van der Waals surface area contributed by atoms with Crippen LogP contribution in [0.3, 0.4) is 0 Å². The first-order valence-corrected chi connectivity index (χ1v) is 7.61. The molecule has 2 rings (SSSR count). The minimum atomic E-state index is -1.17. The van der Waals surface area contributed by atoms with Gasteiger partial charge in [0.25, 0.3) is 0 Å². The first kappa shape index (κ1) is 13.7. The number of ketones is 1. The van der Waals surface area contributed by atoms with E-state index in [1.54, 1.807) is 24.3 Å². The van der Waals surface area contributed by atoms with E-state index in [1.807, 2.05) is 6.92 Å². The lowest BCUT2D eigenvalue weighted by Gasteiger charge is -2.13. The van der Waals surface area contributed by atoms with Gasteiger partial charge in [0.05, 0.1) is 17.1 Å². The molecular weight excluding hydrogens is 272 g/mol. The lowest BCUT2D eigenvalue weighted by atomic mass is 10.1. The minimum Gasteiger partial charge on any atom is -0.377 e. The lowest BCUT2D eigenvalue weighted by molar-refractivity contribution is 0.102. The van der Waals surface area contributed by atoms with Crippen molar-refractivity contribution < 1.29 is 13.7 Å². The van der Waals surface area contributed by atoms with Gasteiger partial charge in [0.2, 0.25) is 0 Å². The molecule has 0 N–H and O–H groups in total. The average Bonchev–Trinajstić information content (AvgIpc) is 2.76. The predicted octanol–water partition coefficient (Wildman–Crippen LogP) is 2.45. The first-order chi connectivity index (χ1) is 8.58. The fourth-order valence-electron chi connectivity index (χ4n) is 2.01. The summed E-state index contributed by atoms with van der Waals surface area (Å²) in [5, 5.41) is 0.562. The molecule has 1 aromatic carbocycles. The van der Waals surface area contributed by atoms with E-state index < -0.39 is 10.8 Å². The summed E-state index contributed by atoms with van der Waals surface area (Å²) in [6.45, 7) is 2.54. The Morgan fingerprint density at radius 2 is 2.11 bits per heavy atom. The molecule has 3 atom stereocenters. The van der Waals surface area contributed by atoms with E-state index in [1.165, 1.54) is 0 Å². The third-order valence-electron chi connectivity index (χ3n) is 3.08. The Kier molecular flexibility index (Phi) is 4.54. The van der Waals surface area contributed by atoms with Crippen molar-refractivity contribution in [1.29, 1.82) is 0 Å². The third kappa shape index (κ3) is 3.19. The standard InChI is InChI=1S/C13H15ClO3S/c1-9-13(6-7-17-9)18(16)8-12(15)10-2-4-11(14)5-3-10/h2-5,9,13H,6-8H2,1H3. The van der Waals surface area contributed by atoms with Gasteiger partial charge in [0.1, 0.15) is 0 Å². The zero-order valence-corrected chi connectivity index (χ0v) is 11.7. The van der Waals surface area contributed by atoms with Gasteiger partial charge in [-0.15, -0.1) is 0 Å². The number of hydrogen-bond donors (Lipinski definition) is 0. The Morgan fingerprint density at radius 1 is 1.44 bits per heavy atom. The van der Waals surface area contributed by atoms with Crippen LogP contribution in [-0.4, -0.2) is 33.7 Å². The molecule has 1 heterocycles. The highest BCUT2D eigenvalue weighted by atomic mass is 35.5. The van der Waals surface area contributed by atoms with Gasteiger partial charge in [-0.2, -0.15) is 0 Å². The molecule has 0 radical (unpaired) electrons. The zero-order valence-electron chi connectivity index (χ0n) is 10.1. The molecule has 0 saturated carbocycles. The number of Topliss-reactive ketones (excluding diaryl/α,β-unsaturated/α-hetero) is 1. The Hall–Kier alpha value is -0.710. The van der Waals surface area contributed by atoms with Gasteiger partial charge >= 0.3 is 0 Å². The van der Waals surface area contributed by atoms with E-state index in [-0.39, 0.29) is 22.9 Å². The highest BCUT2D eigenvalue weighted by Crippen LogP contribution is 2.19. The van der Waals surface area contributed by atoms with Crippen molar-refractivity contribution in [3.63, 3.8) is 0 Å². The largest absolute Gasteiger partial charge is 0.377 e. The van der Waals surface area contributed by atoms with Gasteiger partial charge in [-0.1, -0.05) is 11.6 Å². The second-order valence-corrected chi connectivity index (χ2v) is 6.45. The summed E-state index contributed by atoms with van der Waals surface area (Å²) < 4.78 is 17.5. The van der Waals surface area contributed by atoms with Crippen molar-refractivity contribution in [1.82, 2.24) is 0 Å². The Labute approximate surface area is 114 Å². The molecular formula is C13H15ClO3S. The molecule has 1 aliphatic heterocycles. The van der Waals surface area contributed by atoms with Crippen LogP contribution in [-0.2, 0) is 15.5 Å². The Balaban J connectivity index is 1.99. The molecule has 1 aromatic rings. The van der Waals surface area contributed by atoms with Crippen molar-refractivity contribution in [3.8, 4) is 0 Å². The smallest absolute Gasteiger partial charge is 0.175 e. The highest BCUT2D eigenvalue weighted by molar-refractivity contribution is 7.86. The van der Waals surface area contributed by atoms with Gasteiger partial charge in [0, 0.05) is 28.0 Å². The normalized spacial score (nSPS) is 25.0. The van der Waals surface area contributed by atoms with Gasteiger partial charge < -0.3 is 4.74 Å². The third-order valence-corrected chi connectivity index (χ3v) is 5.18. The van der Waals surface area contributed by atoms with E-state index in [2.05, 4.69) is 0 Å². The van der Waals surface area contributed by atoms with Crippen LogP contribution >= 0.6 is 11.6 Å². The van der Waals surface area contributed by atoms with Gasteiger partial charge in [0.15, 0.2) is 5.78 Å². The summed E-state index contributed by atoms with van der Waals surface area (Å²) in [5.74, 6) is -0.0518. The SMILES string of the molecule is CC1OCCC1S(=O)CC(=O)c1ccc(Cl)cc1. The Bertz CT molecular complexity index is 458. The summed E-state index contributed by atoms with van der Waals surface area (Å²) in [4.78, 5) is 12.0. The quantitative estimate of drug-likeness (QED) is 0.799. The number of ether oxygens (including phenoxy) is 1. The van der Waals surface area contributed by atoms with Crippen molar-refractivity contribution >= 4 is 28.2 Å². The number of rotatable bonds is 4. The zero-order chi connectivity index (χ0) is 13.1. The molecule has 1 fully saturated rings. The molecule has 0 aliphatic carbocycles. The summed E-state index contributed by atoms with van der Waals surface area (Å²) in [6.07, 6.45) is 0.741. The molecule has 3 nitrogen and oxygen atoms in total. The van der Waals surface area contributed by atoms with Crippen molar-refractivity contribution in [2.75, 3.05) is 12.4 Å². The van der Waals surface area contributed by atoms with Crippen LogP contribution in [0.15, 0.2) is 24.3 Å². The summed E-state index contributed by atoms with van der Waals surface area (Å²) in [7, 11) is -1.17. The number of carbonyl (C=O) groups is 1. The van der Waals surface area contributed by atoms with Gasteiger partial charge in [-0.25, -0.2) is 0 Å². The molecule has 18 heavy (non-hydrogen) atoms. The fourth-order valence-corrected chi connectivity index (χ4v) is 3.64. The number of halogens is 1. The lowest BCUT2D eigenvalue weighted by Crippen LogP contribution is -2.27. The summed E-state index contributed by atoms with van der Waals surface area (Å²) >= 11 is 5.76. The molecule has 98 valence electrons. The molecule has 0 aromatic heterocycles. The second kappa shape index (κ2) is 5.95. The Morgan fingerprint density at radius 3 is 2.67 bits per heavy atom. The molecule has 1 aliphatic rings. The first-order valence-electron chi connectivity index (χ1n) is 5.85.